The average Bonchev–Trinajstić information content (AvgIpc) is 2.66. The first kappa shape index (κ1) is 17.2. The highest BCUT2D eigenvalue weighted by Crippen LogP contribution is 2.34. The number of hydrogen-bond donors (Lipinski definition) is 2. The number of methoxy groups -OCH3 is 1. The first-order valence-electron chi connectivity index (χ1n) is 8.09. The standard InChI is InChI=1S/C20H18N4O2/c1-26-18-8-7-13(9-15(18)11-21)16-4-2-3-12-5-6-14(10-17(12)16)19(25)24-20(22)23/h4-10H,2-3H2,1H3,(H4,22,23,24,25). The zero-order valence-electron chi connectivity index (χ0n) is 14.3. The summed E-state index contributed by atoms with van der Waals surface area (Å²) in [6, 6.07) is 13.1. The number of carbonyl (C=O) groups excluding carboxylic acids is 1. The van der Waals surface area contributed by atoms with Crippen molar-refractivity contribution in [1.82, 2.24) is 0 Å². The minimum Gasteiger partial charge on any atom is -0.495 e. The summed E-state index contributed by atoms with van der Waals surface area (Å²) >= 11 is 0. The molecule has 0 unspecified atom stereocenters. The number of nitrogens with zero attached hydrogens (tertiary/aromatic N) is 2. The molecule has 0 bridgehead atoms. The fourth-order valence-corrected chi connectivity index (χ4v) is 3.08. The van der Waals surface area contributed by atoms with Crippen LogP contribution in [0.15, 0.2) is 47.5 Å². The molecular formula is C20H18N4O2. The van der Waals surface area contributed by atoms with E-state index < -0.39 is 5.91 Å². The molecule has 26 heavy (non-hydrogen) atoms. The van der Waals surface area contributed by atoms with Crippen LogP contribution < -0.4 is 16.2 Å². The Morgan fingerprint density at radius 2 is 2.04 bits per heavy atom. The van der Waals surface area contributed by atoms with Gasteiger partial charge in [0.15, 0.2) is 5.96 Å². The van der Waals surface area contributed by atoms with Gasteiger partial charge in [0.2, 0.25) is 0 Å². The van der Waals surface area contributed by atoms with E-state index in [0.29, 0.717) is 16.9 Å². The molecule has 0 saturated heterocycles. The third kappa shape index (κ3) is 3.28. The Hall–Kier alpha value is -3.59. The minimum atomic E-state index is -0.481. The third-order valence-corrected chi connectivity index (χ3v) is 4.27. The van der Waals surface area contributed by atoms with Gasteiger partial charge in [-0.1, -0.05) is 18.2 Å². The first-order chi connectivity index (χ1) is 12.5. The lowest BCUT2D eigenvalue weighted by Crippen LogP contribution is -2.24. The molecule has 3 rings (SSSR count). The Morgan fingerprint density at radius 1 is 1.23 bits per heavy atom. The highest BCUT2D eigenvalue weighted by Gasteiger charge is 2.18. The number of benzene rings is 2. The van der Waals surface area contributed by atoms with E-state index in [9.17, 15) is 10.1 Å². The molecule has 4 N–H and O–H groups in total. The summed E-state index contributed by atoms with van der Waals surface area (Å²) in [5.74, 6) is -0.216. The summed E-state index contributed by atoms with van der Waals surface area (Å²) in [6.45, 7) is 0. The Kier molecular flexibility index (Phi) is 4.72. The maximum absolute atomic E-state index is 12.1. The zero-order chi connectivity index (χ0) is 18.7. The summed E-state index contributed by atoms with van der Waals surface area (Å²) in [5.41, 5.74) is 15.4. The molecule has 0 aliphatic heterocycles. The molecule has 1 amide bonds. The van der Waals surface area contributed by atoms with Gasteiger partial charge in [0.1, 0.15) is 11.8 Å². The second-order valence-corrected chi connectivity index (χ2v) is 5.90. The minimum absolute atomic E-state index is 0.266. The molecule has 6 heteroatoms. The SMILES string of the molecule is COc1ccc(C2=CCCc3ccc(C(=O)N=C(N)N)cc32)cc1C#N. The van der Waals surface area contributed by atoms with E-state index in [4.69, 9.17) is 16.2 Å². The molecule has 0 atom stereocenters. The molecular weight excluding hydrogens is 328 g/mol. The fourth-order valence-electron chi connectivity index (χ4n) is 3.08. The van der Waals surface area contributed by atoms with E-state index >= 15 is 0 Å². The van der Waals surface area contributed by atoms with Crippen molar-refractivity contribution in [3.63, 3.8) is 0 Å². The van der Waals surface area contributed by atoms with Gasteiger partial charge in [-0.2, -0.15) is 10.3 Å². The van der Waals surface area contributed by atoms with Gasteiger partial charge in [-0.3, -0.25) is 4.79 Å². The van der Waals surface area contributed by atoms with Crippen LogP contribution in [-0.2, 0) is 6.42 Å². The van der Waals surface area contributed by atoms with Crippen molar-refractivity contribution in [2.75, 3.05) is 7.11 Å². The molecule has 0 saturated carbocycles. The molecule has 2 aromatic rings. The van der Waals surface area contributed by atoms with Gasteiger partial charge in [0, 0.05) is 5.56 Å². The van der Waals surface area contributed by atoms with E-state index in [-0.39, 0.29) is 5.96 Å². The van der Waals surface area contributed by atoms with Crippen LogP contribution in [0.1, 0.15) is 39.0 Å². The van der Waals surface area contributed by atoms with Gasteiger partial charge in [-0.25, -0.2) is 0 Å². The number of aliphatic imine (C=N–C) groups is 1. The monoisotopic (exact) mass is 346 g/mol. The van der Waals surface area contributed by atoms with E-state index in [1.165, 1.54) is 7.11 Å². The maximum Gasteiger partial charge on any atom is 0.280 e. The number of ether oxygens (including phenoxy) is 1. The Morgan fingerprint density at radius 3 is 2.73 bits per heavy atom. The molecule has 0 heterocycles. The Balaban J connectivity index is 2.08. The third-order valence-electron chi connectivity index (χ3n) is 4.27. The number of fused-ring (bicyclic) bond motifs is 1. The smallest absolute Gasteiger partial charge is 0.280 e. The van der Waals surface area contributed by atoms with Crippen molar-refractivity contribution in [2.45, 2.75) is 12.8 Å². The van der Waals surface area contributed by atoms with Crippen molar-refractivity contribution in [1.29, 1.82) is 5.26 Å². The van der Waals surface area contributed by atoms with Crippen molar-refractivity contribution < 1.29 is 9.53 Å². The first-order valence-corrected chi connectivity index (χ1v) is 8.09. The number of allylic oxidation sites excluding steroid dienone is 1. The lowest BCUT2D eigenvalue weighted by atomic mass is 9.85. The molecule has 1 aliphatic carbocycles. The lowest BCUT2D eigenvalue weighted by Gasteiger charge is -2.19. The normalized spacial score (nSPS) is 12.4. The summed E-state index contributed by atoms with van der Waals surface area (Å²) < 4.78 is 5.21. The van der Waals surface area contributed by atoms with Crippen LogP contribution in [0.5, 0.6) is 5.75 Å². The molecule has 130 valence electrons. The van der Waals surface area contributed by atoms with Crippen LogP contribution in [0.2, 0.25) is 0 Å². The van der Waals surface area contributed by atoms with E-state index in [1.807, 2.05) is 12.1 Å². The van der Waals surface area contributed by atoms with Crippen molar-refractivity contribution in [3.8, 4) is 11.8 Å². The Bertz CT molecular complexity index is 980. The predicted octanol–water partition coefficient (Wildman–Crippen LogP) is 2.36. The Labute approximate surface area is 151 Å². The van der Waals surface area contributed by atoms with Gasteiger partial charge in [0.05, 0.1) is 12.7 Å². The molecule has 0 aromatic heterocycles. The number of hydrogen-bond acceptors (Lipinski definition) is 3. The summed E-state index contributed by atoms with van der Waals surface area (Å²) in [5, 5.41) is 9.34. The number of aryl methyl sites for hydroxylation is 1. The number of carbonyl (C=O) groups is 1. The average molecular weight is 346 g/mol. The van der Waals surface area contributed by atoms with E-state index in [1.54, 1.807) is 24.3 Å². The zero-order valence-corrected chi connectivity index (χ0v) is 14.3. The predicted molar refractivity (Wildman–Crippen MR) is 99.7 cm³/mol. The van der Waals surface area contributed by atoms with Crippen molar-refractivity contribution in [2.24, 2.45) is 16.5 Å². The van der Waals surface area contributed by atoms with Crippen LogP contribution in [-0.4, -0.2) is 19.0 Å². The number of nitriles is 1. The maximum atomic E-state index is 12.1. The van der Waals surface area contributed by atoms with Gasteiger partial charge in [-0.15, -0.1) is 0 Å². The summed E-state index contributed by atoms with van der Waals surface area (Å²) in [4.78, 5) is 15.7. The van der Waals surface area contributed by atoms with Gasteiger partial charge >= 0.3 is 0 Å². The molecule has 6 nitrogen and oxygen atoms in total. The van der Waals surface area contributed by atoms with Gasteiger partial charge in [-0.05, 0) is 59.4 Å². The van der Waals surface area contributed by atoms with Crippen molar-refractivity contribution >= 4 is 17.4 Å². The topological polar surface area (TPSA) is 114 Å². The van der Waals surface area contributed by atoms with E-state index in [2.05, 4.69) is 17.1 Å². The van der Waals surface area contributed by atoms with Gasteiger partial charge in [0.25, 0.3) is 5.91 Å². The van der Waals surface area contributed by atoms with Crippen molar-refractivity contribution in [3.05, 3.63) is 70.3 Å². The second kappa shape index (κ2) is 7.11. The summed E-state index contributed by atoms with van der Waals surface area (Å²) in [6.07, 6.45) is 3.88. The molecule has 0 radical (unpaired) electrons. The fraction of sp³-hybridized carbons (Fsp3) is 0.150. The number of rotatable bonds is 3. The lowest BCUT2D eigenvalue weighted by molar-refractivity contribution is 0.100. The van der Waals surface area contributed by atoms with Crippen LogP contribution in [0.25, 0.3) is 5.57 Å². The largest absolute Gasteiger partial charge is 0.495 e. The summed E-state index contributed by atoms with van der Waals surface area (Å²) in [7, 11) is 1.53. The highest BCUT2D eigenvalue weighted by atomic mass is 16.5. The highest BCUT2D eigenvalue weighted by molar-refractivity contribution is 6.02. The molecule has 0 fully saturated rings. The quantitative estimate of drug-likeness (QED) is 0.654. The van der Waals surface area contributed by atoms with E-state index in [0.717, 1.165) is 35.1 Å². The van der Waals surface area contributed by atoms with Gasteiger partial charge < -0.3 is 16.2 Å². The van der Waals surface area contributed by atoms with Crippen LogP contribution >= 0.6 is 0 Å². The van der Waals surface area contributed by atoms with Crippen LogP contribution in [0, 0.1) is 11.3 Å². The molecule has 2 aromatic carbocycles. The molecule has 0 spiro atoms. The number of guanidine groups is 1. The molecule has 1 aliphatic rings. The number of amides is 1. The second-order valence-electron chi connectivity index (χ2n) is 5.90. The van der Waals surface area contributed by atoms with Crippen LogP contribution in [0.4, 0.5) is 0 Å². The number of nitrogens with two attached hydrogens (primary N) is 2. The van der Waals surface area contributed by atoms with Crippen LogP contribution in [0.3, 0.4) is 0 Å².